The first-order valence-corrected chi connectivity index (χ1v) is 11.7. The number of piperidine rings is 1. The number of fused-ring (bicyclic) bond motifs is 2. The maximum atomic E-state index is 13.0. The second kappa shape index (κ2) is 7.34. The van der Waals surface area contributed by atoms with E-state index in [1.165, 1.54) is 32.1 Å². The molecule has 1 amide bonds. The second-order valence-electron chi connectivity index (χ2n) is 8.35. The molecule has 2 aliphatic heterocycles. The van der Waals surface area contributed by atoms with Crippen molar-refractivity contribution in [2.24, 2.45) is 5.92 Å². The Morgan fingerprint density at radius 3 is 2.15 bits per heavy atom. The first kappa shape index (κ1) is 18.0. The van der Waals surface area contributed by atoms with Crippen LogP contribution >= 0.6 is 0 Å². The standard InChI is InChI=1S/C21H29NO3S/c23-21(13-16-7-3-1-4-8-16)22-17-11-12-18(22)15-20(14-17)26(24,25)19-9-5-2-6-10-19/h2,5-6,9-10,16-18,20H,1,3-4,7-8,11-15H2. The maximum absolute atomic E-state index is 13.0. The van der Waals surface area contributed by atoms with Crippen LogP contribution in [0.3, 0.4) is 0 Å². The van der Waals surface area contributed by atoms with Crippen LogP contribution < -0.4 is 0 Å². The van der Waals surface area contributed by atoms with Crippen molar-refractivity contribution in [2.45, 2.75) is 86.4 Å². The van der Waals surface area contributed by atoms with E-state index in [-0.39, 0.29) is 23.2 Å². The fourth-order valence-electron chi connectivity index (χ4n) is 5.33. The van der Waals surface area contributed by atoms with Crippen molar-refractivity contribution in [3.05, 3.63) is 30.3 Å². The number of hydrogen-bond donors (Lipinski definition) is 0. The minimum atomic E-state index is -3.30. The normalized spacial score (nSPS) is 29.7. The molecule has 4 nitrogen and oxygen atoms in total. The van der Waals surface area contributed by atoms with E-state index in [9.17, 15) is 13.2 Å². The van der Waals surface area contributed by atoms with E-state index in [2.05, 4.69) is 4.90 Å². The summed E-state index contributed by atoms with van der Waals surface area (Å²) in [5, 5.41) is -0.346. The number of benzene rings is 1. The van der Waals surface area contributed by atoms with Crippen LogP contribution in [0.15, 0.2) is 35.2 Å². The van der Waals surface area contributed by atoms with Crippen LogP contribution in [-0.2, 0) is 14.6 Å². The Labute approximate surface area is 156 Å². The number of carbonyl (C=O) groups is 1. The number of hydrogen-bond acceptors (Lipinski definition) is 3. The fraction of sp³-hybridized carbons (Fsp3) is 0.667. The molecule has 0 N–H and O–H groups in total. The predicted octanol–water partition coefficient (Wildman–Crippen LogP) is 3.95. The van der Waals surface area contributed by atoms with E-state index < -0.39 is 9.84 Å². The SMILES string of the molecule is O=C(CC1CCCCC1)N1C2CCC1CC(S(=O)(=O)c1ccccc1)C2. The quantitative estimate of drug-likeness (QED) is 0.801. The molecule has 2 atom stereocenters. The molecule has 1 aromatic rings. The van der Waals surface area contributed by atoms with Gasteiger partial charge in [0, 0.05) is 18.5 Å². The summed E-state index contributed by atoms with van der Waals surface area (Å²) in [6, 6.07) is 9.03. The fourth-order valence-corrected chi connectivity index (χ4v) is 7.21. The van der Waals surface area contributed by atoms with E-state index in [0.717, 1.165) is 12.8 Å². The molecule has 2 saturated heterocycles. The zero-order valence-electron chi connectivity index (χ0n) is 15.3. The Morgan fingerprint density at radius 2 is 1.54 bits per heavy atom. The van der Waals surface area contributed by atoms with E-state index in [0.29, 0.717) is 30.1 Å². The van der Waals surface area contributed by atoms with Crippen molar-refractivity contribution >= 4 is 15.7 Å². The van der Waals surface area contributed by atoms with Crippen LogP contribution in [0.2, 0.25) is 0 Å². The van der Waals surface area contributed by atoms with Crippen LogP contribution in [0.5, 0.6) is 0 Å². The van der Waals surface area contributed by atoms with Gasteiger partial charge in [-0.2, -0.15) is 0 Å². The molecular formula is C21H29NO3S. The summed E-state index contributed by atoms with van der Waals surface area (Å²) < 4.78 is 26.0. The summed E-state index contributed by atoms with van der Waals surface area (Å²) in [7, 11) is -3.30. The lowest BCUT2D eigenvalue weighted by Crippen LogP contribution is -2.50. The molecule has 26 heavy (non-hydrogen) atoms. The van der Waals surface area contributed by atoms with Gasteiger partial charge in [0.1, 0.15) is 0 Å². The third-order valence-corrected chi connectivity index (χ3v) is 8.87. The monoisotopic (exact) mass is 375 g/mol. The van der Waals surface area contributed by atoms with Gasteiger partial charge in [0.25, 0.3) is 0 Å². The van der Waals surface area contributed by atoms with Gasteiger partial charge in [-0.15, -0.1) is 0 Å². The molecule has 1 aromatic carbocycles. The van der Waals surface area contributed by atoms with E-state index in [4.69, 9.17) is 0 Å². The number of sulfone groups is 1. The average Bonchev–Trinajstić information content (AvgIpc) is 2.93. The van der Waals surface area contributed by atoms with E-state index in [1.54, 1.807) is 24.3 Å². The van der Waals surface area contributed by atoms with Crippen molar-refractivity contribution in [3.63, 3.8) is 0 Å². The summed E-state index contributed by atoms with van der Waals surface area (Å²) in [6.07, 6.45) is 9.96. The molecule has 5 heteroatoms. The second-order valence-corrected chi connectivity index (χ2v) is 10.6. The average molecular weight is 376 g/mol. The topological polar surface area (TPSA) is 54.5 Å². The molecule has 2 unspecified atom stereocenters. The van der Waals surface area contributed by atoms with Gasteiger partial charge in [0.15, 0.2) is 9.84 Å². The molecule has 2 bridgehead atoms. The van der Waals surface area contributed by atoms with Crippen LogP contribution in [0, 0.1) is 5.92 Å². The summed E-state index contributed by atoms with van der Waals surface area (Å²) in [4.78, 5) is 15.4. The minimum Gasteiger partial charge on any atom is -0.337 e. The molecule has 142 valence electrons. The van der Waals surface area contributed by atoms with Gasteiger partial charge in [0.05, 0.1) is 10.1 Å². The summed E-state index contributed by atoms with van der Waals surface area (Å²) in [6.45, 7) is 0. The molecule has 0 spiro atoms. The molecule has 4 rings (SSSR count). The molecule has 3 fully saturated rings. The predicted molar refractivity (Wildman–Crippen MR) is 101 cm³/mol. The van der Waals surface area contributed by atoms with Crippen molar-refractivity contribution in [2.75, 3.05) is 0 Å². The molecule has 0 aromatic heterocycles. The lowest BCUT2D eigenvalue weighted by molar-refractivity contribution is -0.136. The largest absolute Gasteiger partial charge is 0.337 e. The zero-order chi connectivity index (χ0) is 18.1. The van der Waals surface area contributed by atoms with Crippen LogP contribution in [-0.4, -0.2) is 36.6 Å². The molecule has 1 saturated carbocycles. The Kier molecular flexibility index (Phi) is 5.09. The highest BCUT2D eigenvalue weighted by molar-refractivity contribution is 7.92. The minimum absolute atomic E-state index is 0.119. The van der Waals surface area contributed by atoms with Crippen molar-refractivity contribution in [3.8, 4) is 0 Å². The zero-order valence-corrected chi connectivity index (χ0v) is 16.2. The Hall–Kier alpha value is -1.36. The number of carbonyl (C=O) groups excluding carboxylic acids is 1. The Balaban J connectivity index is 1.45. The molecule has 0 radical (unpaired) electrons. The number of nitrogens with zero attached hydrogens (tertiary/aromatic N) is 1. The summed E-state index contributed by atoms with van der Waals surface area (Å²) in [5.41, 5.74) is 0. The molecule has 3 aliphatic rings. The van der Waals surface area contributed by atoms with E-state index >= 15 is 0 Å². The summed E-state index contributed by atoms with van der Waals surface area (Å²) in [5.74, 6) is 0.821. The molecule has 2 heterocycles. The van der Waals surface area contributed by atoms with Crippen molar-refractivity contribution in [1.82, 2.24) is 4.90 Å². The lowest BCUT2D eigenvalue weighted by Gasteiger charge is -2.39. The van der Waals surface area contributed by atoms with Crippen LogP contribution in [0.25, 0.3) is 0 Å². The van der Waals surface area contributed by atoms with Crippen molar-refractivity contribution < 1.29 is 13.2 Å². The number of amides is 1. The first-order chi connectivity index (χ1) is 12.6. The van der Waals surface area contributed by atoms with Crippen LogP contribution in [0.1, 0.15) is 64.2 Å². The highest BCUT2D eigenvalue weighted by Crippen LogP contribution is 2.41. The van der Waals surface area contributed by atoms with Gasteiger partial charge in [-0.05, 0) is 56.6 Å². The van der Waals surface area contributed by atoms with Gasteiger partial charge in [0.2, 0.25) is 5.91 Å². The van der Waals surface area contributed by atoms with E-state index in [1.807, 2.05) is 6.07 Å². The molecular weight excluding hydrogens is 346 g/mol. The van der Waals surface area contributed by atoms with Gasteiger partial charge < -0.3 is 4.90 Å². The summed E-state index contributed by atoms with van der Waals surface area (Å²) >= 11 is 0. The van der Waals surface area contributed by atoms with Gasteiger partial charge >= 0.3 is 0 Å². The Morgan fingerprint density at radius 1 is 0.923 bits per heavy atom. The van der Waals surface area contributed by atoms with Gasteiger partial charge in [-0.1, -0.05) is 37.5 Å². The maximum Gasteiger partial charge on any atom is 0.223 e. The lowest BCUT2D eigenvalue weighted by atomic mass is 9.86. The van der Waals surface area contributed by atoms with Crippen LogP contribution in [0.4, 0.5) is 0 Å². The number of rotatable bonds is 4. The highest BCUT2D eigenvalue weighted by Gasteiger charge is 2.47. The third-order valence-electron chi connectivity index (χ3n) is 6.68. The smallest absolute Gasteiger partial charge is 0.223 e. The third kappa shape index (κ3) is 3.42. The van der Waals surface area contributed by atoms with Gasteiger partial charge in [-0.3, -0.25) is 4.79 Å². The Bertz CT molecular complexity index is 726. The van der Waals surface area contributed by atoms with Crippen molar-refractivity contribution in [1.29, 1.82) is 0 Å². The van der Waals surface area contributed by atoms with Gasteiger partial charge in [-0.25, -0.2) is 8.42 Å². The first-order valence-electron chi connectivity index (χ1n) is 10.2. The molecule has 1 aliphatic carbocycles. The highest BCUT2D eigenvalue weighted by atomic mass is 32.2.